The summed E-state index contributed by atoms with van der Waals surface area (Å²) in [6.07, 6.45) is 1.29. The molecule has 2 amide bonds. The molecule has 1 rings (SSSR count). The number of benzene rings is 1. The van der Waals surface area contributed by atoms with Crippen LogP contribution in [-0.4, -0.2) is 49.5 Å². The lowest BCUT2D eigenvalue weighted by Crippen LogP contribution is -2.49. The first-order valence-electron chi connectivity index (χ1n) is 8.30. The molecule has 1 N–H and O–H groups in total. The molecule has 1 unspecified atom stereocenters. The molecule has 0 aliphatic rings. The van der Waals surface area contributed by atoms with Gasteiger partial charge in [-0.3, -0.25) is 9.63 Å². The third-order valence-electron chi connectivity index (χ3n) is 3.30. The summed E-state index contributed by atoms with van der Waals surface area (Å²) in [5.74, 6) is 0.316. The number of hydroxylamine groups is 2. The van der Waals surface area contributed by atoms with Crippen LogP contribution in [0.3, 0.4) is 0 Å². The maximum absolute atomic E-state index is 12.5. The molecule has 0 bridgehead atoms. The van der Waals surface area contributed by atoms with Crippen molar-refractivity contribution in [2.45, 2.75) is 38.8 Å². The summed E-state index contributed by atoms with van der Waals surface area (Å²) < 4.78 is 10.7. The van der Waals surface area contributed by atoms with Gasteiger partial charge in [-0.15, -0.1) is 0 Å². The summed E-state index contributed by atoms with van der Waals surface area (Å²) in [7, 11) is 2.87. The summed E-state index contributed by atoms with van der Waals surface area (Å²) in [5, 5.41) is 3.68. The lowest BCUT2D eigenvalue weighted by atomic mass is 10.1. The van der Waals surface area contributed by atoms with Crippen molar-refractivity contribution in [1.29, 1.82) is 0 Å². The second-order valence-electron chi connectivity index (χ2n) is 6.66. The quantitative estimate of drug-likeness (QED) is 0.567. The van der Waals surface area contributed by atoms with Crippen molar-refractivity contribution in [2.75, 3.05) is 20.8 Å². The summed E-state index contributed by atoms with van der Waals surface area (Å²) >= 11 is 0. The molecule has 7 heteroatoms. The number of carbonyl (C=O) groups is 2. The van der Waals surface area contributed by atoms with Crippen molar-refractivity contribution < 1.29 is 23.9 Å². The van der Waals surface area contributed by atoms with Crippen LogP contribution in [-0.2, 0) is 20.8 Å². The first-order valence-corrected chi connectivity index (χ1v) is 8.30. The molecule has 0 aromatic heterocycles. The topological polar surface area (TPSA) is 77.1 Å². The van der Waals surface area contributed by atoms with Crippen LogP contribution >= 0.6 is 0 Å². The van der Waals surface area contributed by atoms with Crippen molar-refractivity contribution in [3.8, 4) is 5.75 Å². The molecule has 0 radical (unpaired) electrons. The number of ether oxygens (including phenoxy) is 2. The summed E-state index contributed by atoms with van der Waals surface area (Å²) in [4.78, 5) is 29.5. The minimum absolute atomic E-state index is 0.285. The largest absolute Gasteiger partial charge is 0.490 e. The zero-order valence-corrected chi connectivity index (χ0v) is 16.1. The molecule has 0 spiro atoms. The van der Waals surface area contributed by atoms with Crippen LogP contribution in [0.5, 0.6) is 5.75 Å². The Morgan fingerprint density at radius 1 is 1.27 bits per heavy atom. The van der Waals surface area contributed by atoms with E-state index in [1.807, 2.05) is 12.1 Å². The first-order chi connectivity index (χ1) is 12.2. The molecule has 26 heavy (non-hydrogen) atoms. The Labute approximate surface area is 154 Å². The molecule has 1 atom stereocenters. The number of likely N-dealkylation sites (N-methyl/N-ethyl adjacent to an activating group) is 1. The van der Waals surface area contributed by atoms with Gasteiger partial charge < -0.3 is 14.8 Å². The molecule has 0 aliphatic heterocycles. The number of nitrogens with one attached hydrogen (secondary N) is 1. The van der Waals surface area contributed by atoms with Gasteiger partial charge in [0.15, 0.2) is 0 Å². The lowest BCUT2D eigenvalue weighted by molar-refractivity contribution is -0.171. The minimum atomic E-state index is -0.824. The predicted molar refractivity (Wildman–Crippen MR) is 98.8 cm³/mol. The maximum Gasteiger partial charge on any atom is 0.408 e. The Balaban J connectivity index is 2.86. The highest BCUT2D eigenvalue weighted by Crippen LogP contribution is 2.15. The zero-order chi connectivity index (χ0) is 19.7. The molecule has 144 valence electrons. The van der Waals surface area contributed by atoms with Crippen molar-refractivity contribution in [3.63, 3.8) is 0 Å². The lowest BCUT2D eigenvalue weighted by Gasteiger charge is -2.25. The van der Waals surface area contributed by atoms with Crippen molar-refractivity contribution in [1.82, 2.24) is 10.4 Å². The first kappa shape index (κ1) is 21.5. The van der Waals surface area contributed by atoms with Crippen molar-refractivity contribution in [2.24, 2.45) is 0 Å². The molecule has 1 aromatic rings. The third kappa shape index (κ3) is 7.57. The van der Waals surface area contributed by atoms with E-state index in [2.05, 4.69) is 11.9 Å². The van der Waals surface area contributed by atoms with E-state index in [1.54, 1.807) is 39.0 Å². The highest BCUT2D eigenvalue weighted by atomic mass is 16.7. The van der Waals surface area contributed by atoms with E-state index < -0.39 is 17.7 Å². The number of nitrogens with zero attached hydrogens (tertiary/aromatic N) is 1. The van der Waals surface area contributed by atoms with E-state index >= 15 is 0 Å². The van der Waals surface area contributed by atoms with Crippen LogP contribution in [0.4, 0.5) is 4.79 Å². The smallest absolute Gasteiger partial charge is 0.408 e. The summed E-state index contributed by atoms with van der Waals surface area (Å²) in [6, 6.07) is 6.45. The van der Waals surface area contributed by atoms with Gasteiger partial charge in [-0.2, -0.15) is 0 Å². The number of hydrogen-bond donors (Lipinski definition) is 1. The van der Waals surface area contributed by atoms with Crippen LogP contribution in [0.1, 0.15) is 26.3 Å². The third-order valence-corrected chi connectivity index (χ3v) is 3.30. The summed E-state index contributed by atoms with van der Waals surface area (Å²) in [6.45, 7) is 9.28. The van der Waals surface area contributed by atoms with E-state index in [9.17, 15) is 9.59 Å². The normalized spacial score (nSPS) is 12.0. The standard InChI is InChI=1S/C19H28N2O5/c1-7-12-25-15-10-8-14(9-11-15)13-16(17(22)21(5)24-6)20-18(23)26-19(2,3)4/h7-11,16H,1,12-13H2,2-6H3,(H,20,23). The molecule has 0 aliphatic carbocycles. The fourth-order valence-corrected chi connectivity index (χ4v) is 2.07. The predicted octanol–water partition coefficient (Wildman–Crippen LogP) is 2.71. The van der Waals surface area contributed by atoms with Crippen molar-refractivity contribution in [3.05, 3.63) is 42.5 Å². The van der Waals surface area contributed by atoms with Gasteiger partial charge >= 0.3 is 6.09 Å². The molecular formula is C19H28N2O5. The van der Waals surface area contributed by atoms with Crippen LogP contribution in [0, 0.1) is 0 Å². The van der Waals surface area contributed by atoms with Gasteiger partial charge in [-0.05, 0) is 38.5 Å². The van der Waals surface area contributed by atoms with Gasteiger partial charge in [0.05, 0.1) is 7.11 Å². The second kappa shape index (κ2) is 9.82. The Morgan fingerprint density at radius 3 is 2.38 bits per heavy atom. The number of carbonyl (C=O) groups excluding carboxylic acids is 2. The minimum Gasteiger partial charge on any atom is -0.490 e. The van der Waals surface area contributed by atoms with Crippen molar-refractivity contribution >= 4 is 12.0 Å². The SMILES string of the molecule is C=CCOc1ccc(CC(NC(=O)OC(C)(C)C)C(=O)N(C)OC)cc1. The number of amides is 2. The van der Waals surface area contributed by atoms with E-state index in [0.717, 1.165) is 10.6 Å². The van der Waals surface area contributed by atoms with Crippen LogP contribution in [0.2, 0.25) is 0 Å². The average molecular weight is 364 g/mol. The van der Waals surface area contributed by atoms with Crippen LogP contribution in [0.25, 0.3) is 0 Å². The fraction of sp³-hybridized carbons (Fsp3) is 0.474. The Hall–Kier alpha value is -2.54. The van der Waals surface area contributed by atoms with Gasteiger partial charge in [0.2, 0.25) is 0 Å². The molecule has 7 nitrogen and oxygen atoms in total. The fourth-order valence-electron chi connectivity index (χ4n) is 2.07. The molecule has 0 fully saturated rings. The van der Waals surface area contributed by atoms with Crippen LogP contribution < -0.4 is 10.1 Å². The molecule has 0 saturated heterocycles. The average Bonchev–Trinajstić information content (AvgIpc) is 2.57. The zero-order valence-electron chi connectivity index (χ0n) is 16.1. The molecule has 0 saturated carbocycles. The van der Waals surface area contributed by atoms with Gasteiger partial charge in [0, 0.05) is 13.5 Å². The number of hydrogen-bond acceptors (Lipinski definition) is 5. The molecule has 1 aromatic carbocycles. The monoisotopic (exact) mass is 364 g/mol. The Kier molecular flexibility index (Phi) is 8.12. The number of rotatable bonds is 8. The van der Waals surface area contributed by atoms with Gasteiger partial charge in [0.1, 0.15) is 24.0 Å². The summed E-state index contributed by atoms with van der Waals surface area (Å²) in [5.41, 5.74) is 0.199. The Morgan fingerprint density at radius 2 is 1.88 bits per heavy atom. The van der Waals surface area contributed by atoms with Gasteiger partial charge in [0.25, 0.3) is 5.91 Å². The van der Waals surface area contributed by atoms with E-state index in [4.69, 9.17) is 14.3 Å². The highest BCUT2D eigenvalue weighted by Gasteiger charge is 2.27. The molecule has 0 heterocycles. The second-order valence-corrected chi connectivity index (χ2v) is 6.66. The Bertz CT molecular complexity index is 607. The van der Waals surface area contributed by atoms with Gasteiger partial charge in [-0.25, -0.2) is 9.86 Å². The van der Waals surface area contributed by atoms with Crippen LogP contribution in [0.15, 0.2) is 36.9 Å². The maximum atomic E-state index is 12.5. The van der Waals surface area contributed by atoms with E-state index in [-0.39, 0.29) is 12.3 Å². The molecular weight excluding hydrogens is 336 g/mol. The highest BCUT2D eigenvalue weighted by molar-refractivity contribution is 5.85. The van der Waals surface area contributed by atoms with E-state index in [0.29, 0.717) is 12.4 Å². The van der Waals surface area contributed by atoms with Gasteiger partial charge in [-0.1, -0.05) is 24.8 Å². The van der Waals surface area contributed by atoms with E-state index in [1.165, 1.54) is 14.2 Å². The number of alkyl carbamates (subject to hydrolysis) is 1.